The van der Waals surface area contributed by atoms with Crippen LogP contribution in [0.25, 0.3) is 99.5 Å². The molecule has 10 rings (SSSR count). The van der Waals surface area contributed by atoms with Crippen LogP contribution in [-0.2, 0) is 0 Å². The first-order valence-electron chi connectivity index (χ1n) is 16.6. The van der Waals surface area contributed by atoms with Crippen LogP contribution in [0.5, 0.6) is 0 Å². The lowest BCUT2D eigenvalue weighted by atomic mass is 9.84. The van der Waals surface area contributed by atoms with Gasteiger partial charge >= 0.3 is 0 Å². The summed E-state index contributed by atoms with van der Waals surface area (Å²) in [5.74, 6) is 0.841. The lowest BCUT2D eigenvalue weighted by Crippen LogP contribution is -1.94. The van der Waals surface area contributed by atoms with Gasteiger partial charge in [-0.15, -0.1) is 0 Å². The molecule has 3 heterocycles. The van der Waals surface area contributed by atoms with E-state index in [4.69, 9.17) is 14.4 Å². The predicted octanol–water partition coefficient (Wildman–Crippen LogP) is 12.5. The molecule has 3 nitrogen and oxygen atoms in total. The first-order valence-corrected chi connectivity index (χ1v) is 16.6. The molecule has 0 saturated heterocycles. The Morgan fingerprint density at radius 1 is 0.388 bits per heavy atom. The Kier molecular flexibility index (Phi) is 6.18. The van der Waals surface area contributed by atoms with Gasteiger partial charge in [0.2, 0.25) is 0 Å². The van der Waals surface area contributed by atoms with Crippen LogP contribution in [0.2, 0.25) is 0 Å². The third kappa shape index (κ3) is 4.37. The summed E-state index contributed by atoms with van der Waals surface area (Å²) in [4.78, 5) is 9.92. The van der Waals surface area contributed by atoms with E-state index in [9.17, 15) is 0 Å². The lowest BCUT2D eigenvalue weighted by molar-refractivity contribution is 0.623. The summed E-state index contributed by atoms with van der Waals surface area (Å²) in [6.45, 7) is 0. The van der Waals surface area contributed by atoms with Gasteiger partial charge in [-0.3, -0.25) is 4.98 Å². The van der Waals surface area contributed by atoms with Crippen LogP contribution in [0.4, 0.5) is 0 Å². The van der Waals surface area contributed by atoms with Crippen molar-refractivity contribution in [2.24, 2.45) is 0 Å². The molecule has 0 N–H and O–H groups in total. The zero-order chi connectivity index (χ0) is 32.3. The Balaban J connectivity index is 1.34. The highest BCUT2D eigenvalue weighted by atomic mass is 16.3. The van der Waals surface area contributed by atoms with E-state index >= 15 is 0 Å². The monoisotopic (exact) mass is 624 g/mol. The standard InChI is InChI=1S/C46H28N2O/c1-2-14-29(15-3-1)30-26-31(39-22-12-13-25-47-39)28-32(27-30)42-33-16-4-6-18-35(33)43(36-19-7-5-17-34(36)42)46-44-37-20-8-10-23-40(37)48-45(44)38-21-9-11-24-41(38)49-46/h1-28H. The third-order valence-corrected chi connectivity index (χ3v) is 9.67. The van der Waals surface area contributed by atoms with Gasteiger partial charge in [0.05, 0.1) is 22.5 Å². The maximum absolute atomic E-state index is 7.00. The van der Waals surface area contributed by atoms with E-state index in [1.807, 2.05) is 30.5 Å². The average Bonchev–Trinajstić information content (AvgIpc) is 3.57. The fraction of sp³-hybridized carbons (Fsp3) is 0. The van der Waals surface area contributed by atoms with Gasteiger partial charge in [-0.1, -0.05) is 115 Å². The van der Waals surface area contributed by atoms with E-state index in [-0.39, 0.29) is 0 Å². The first kappa shape index (κ1) is 27.5. The number of nitrogens with zero attached hydrogens (tertiary/aromatic N) is 2. The SMILES string of the molecule is c1ccc(-c2cc(-c3ccccn3)cc(-c3c4ccccc4c(-c4oc5ccccc5c5nc6ccccc6c4-5)c4ccccc34)c2)cc1. The van der Waals surface area contributed by atoms with E-state index in [0.717, 1.165) is 88.4 Å². The van der Waals surface area contributed by atoms with E-state index in [2.05, 4.69) is 140 Å². The molecule has 8 aromatic rings. The van der Waals surface area contributed by atoms with Crippen molar-refractivity contribution in [3.8, 4) is 56.1 Å². The number of para-hydroxylation sites is 2. The van der Waals surface area contributed by atoms with Crippen molar-refractivity contribution in [1.82, 2.24) is 9.97 Å². The quantitative estimate of drug-likeness (QED) is 0.183. The molecule has 0 radical (unpaired) electrons. The maximum atomic E-state index is 7.00. The summed E-state index contributed by atoms with van der Waals surface area (Å²) in [7, 11) is 0. The minimum absolute atomic E-state index is 0.820. The molecule has 0 saturated carbocycles. The molecule has 1 aromatic heterocycles. The minimum atomic E-state index is 0.820. The molecule has 3 heteroatoms. The van der Waals surface area contributed by atoms with Gasteiger partial charge in [0.25, 0.3) is 0 Å². The van der Waals surface area contributed by atoms with Gasteiger partial charge < -0.3 is 4.42 Å². The van der Waals surface area contributed by atoms with Crippen LogP contribution >= 0.6 is 0 Å². The molecule has 2 aliphatic rings. The van der Waals surface area contributed by atoms with Crippen molar-refractivity contribution in [2.75, 3.05) is 0 Å². The number of aromatic nitrogens is 2. The number of pyridine rings is 1. The van der Waals surface area contributed by atoms with Crippen molar-refractivity contribution in [1.29, 1.82) is 0 Å². The predicted molar refractivity (Wildman–Crippen MR) is 203 cm³/mol. The summed E-state index contributed by atoms with van der Waals surface area (Å²) in [6.07, 6.45) is 1.86. The molecule has 7 aromatic carbocycles. The van der Waals surface area contributed by atoms with Crippen molar-refractivity contribution in [3.05, 3.63) is 170 Å². The maximum Gasteiger partial charge on any atom is 0.146 e. The Hall–Kier alpha value is -6.58. The van der Waals surface area contributed by atoms with Gasteiger partial charge in [-0.2, -0.15) is 0 Å². The van der Waals surface area contributed by atoms with E-state index in [1.54, 1.807) is 0 Å². The largest absolute Gasteiger partial charge is 0.455 e. The second-order valence-corrected chi connectivity index (χ2v) is 12.5. The van der Waals surface area contributed by atoms with E-state index < -0.39 is 0 Å². The average molecular weight is 625 g/mol. The van der Waals surface area contributed by atoms with Gasteiger partial charge in [0.15, 0.2) is 0 Å². The van der Waals surface area contributed by atoms with Gasteiger partial charge in [-0.05, 0) is 92.3 Å². The van der Waals surface area contributed by atoms with Crippen LogP contribution in [0.3, 0.4) is 0 Å². The Bertz CT molecular complexity index is 2700. The Morgan fingerprint density at radius 3 is 1.67 bits per heavy atom. The summed E-state index contributed by atoms with van der Waals surface area (Å²) in [5, 5.41) is 6.69. The zero-order valence-electron chi connectivity index (χ0n) is 26.5. The molecule has 0 spiro atoms. The first-order chi connectivity index (χ1) is 24.3. The number of rotatable bonds is 4. The number of fused-ring (bicyclic) bond motifs is 7. The smallest absolute Gasteiger partial charge is 0.146 e. The number of hydrogen-bond acceptors (Lipinski definition) is 3. The van der Waals surface area contributed by atoms with Gasteiger partial charge in [0, 0.05) is 28.1 Å². The van der Waals surface area contributed by atoms with E-state index in [1.165, 1.54) is 11.1 Å². The molecule has 49 heavy (non-hydrogen) atoms. The van der Waals surface area contributed by atoms with Crippen LogP contribution in [0.1, 0.15) is 0 Å². The number of benzene rings is 7. The molecule has 0 aliphatic carbocycles. The highest BCUT2D eigenvalue weighted by Gasteiger charge is 2.27. The van der Waals surface area contributed by atoms with E-state index in [0.29, 0.717) is 0 Å². The summed E-state index contributed by atoms with van der Waals surface area (Å²) >= 11 is 0. The molecule has 0 atom stereocenters. The van der Waals surface area contributed by atoms with Gasteiger partial charge in [-0.25, -0.2) is 4.98 Å². The fourth-order valence-corrected chi connectivity index (χ4v) is 7.53. The minimum Gasteiger partial charge on any atom is -0.455 e. The molecule has 2 aliphatic heterocycles. The summed E-state index contributed by atoms with van der Waals surface area (Å²) < 4.78 is 7.00. The van der Waals surface area contributed by atoms with Crippen molar-refractivity contribution in [2.45, 2.75) is 0 Å². The highest BCUT2D eigenvalue weighted by molar-refractivity contribution is 6.24. The molecule has 228 valence electrons. The molecule has 0 amide bonds. The zero-order valence-corrected chi connectivity index (χ0v) is 26.5. The van der Waals surface area contributed by atoms with Crippen LogP contribution in [-0.4, -0.2) is 9.97 Å². The molecule has 0 bridgehead atoms. The van der Waals surface area contributed by atoms with Crippen molar-refractivity contribution in [3.63, 3.8) is 0 Å². The highest BCUT2D eigenvalue weighted by Crippen LogP contribution is 2.50. The molecular weight excluding hydrogens is 597 g/mol. The topological polar surface area (TPSA) is 38.9 Å². The van der Waals surface area contributed by atoms with Crippen LogP contribution < -0.4 is 0 Å². The lowest BCUT2D eigenvalue weighted by Gasteiger charge is -2.20. The third-order valence-electron chi connectivity index (χ3n) is 9.67. The summed E-state index contributed by atoms with van der Waals surface area (Å²) in [5.41, 5.74) is 11.5. The Morgan fingerprint density at radius 2 is 0.959 bits per heavy atom. The van der Waals surface area contributed by atoms with Crippen molar-refractivity contribution >= 4 is 43.4 Å². The van der Waals surface area contributed by atoms with Gasteiger partial charge in [0.1, 0.15) is 11.3 Å². The van der Waals surface area contributed by atoms with Crippen molar-refractivity contribution < 1.29 is 4.42 Å². The second kappa shape index (κ2) is 11.0. The molecule has 0 fully saturated rings. The summed E-state index contributed by atoms with van der Waals surface area (Å²) in [6, 6.07) is 57.7. The van der Waals surface area contributed by atoms with Crippen LogP contribution in [0, 0.1) is 0 Å². The molecular formula is C46H28N2O. The second-order valence-electron chi connectivity index (χ2n) is 12.5. The molecule has 0 unspecified atom stereocenters. The normalized spacial score (nSPS) is 11.7. The van der Waals surface area contributed by atoms with Crippen LogP contribution in [0.15, 0.2) is 174 Å². The number of hydrogen-bond donors (Lipinski definition) is 0. The Labute approximate surface area is 283 Å². The fourth-order valence-electron chi connectivity index (χ4n) is 7.53.